The summed E-state index contributed by atoms with van der Waals surface area (Å²) in [6.45, 7) is -0.706. The smallest absolute Gasteiger partial charge is 0.271 e. The van der Waals surface area contributed by atoms with Crippen molar-refractivity contribution in [1.82, 2.24) is 20.2 Å². The van der Waals surface area contributed by atoms with Crippen LogP contribution in [0.3, 0.4) is 0 Å². The number of pyridine rings is 1. The number of ether oxygens (including phenoxy) is 1. The molecule has 4 rings (SSSR count). The number of nitrogens with one attached hydrogen (secondary N) is 1. The highest BCUT2D eigenvalue weighted by atomic mass is 16.5. The van der Waals surface area contributed by atoms with Gasteiger partial charge in [-0.2, -0.15) is 0 Å². The van der Waals surface area contributed by atoms with Gasteiger partial charge in [0.1, 0.15) is 18.1 Å². The molecule has 1 amide bonds. The number of methoxy groups -OCH3 is 1. The molecular weight excluding hydrogens is 384 g/mol. The number of rotatable bonds is 6. The first-order valence-corrected chi connectivity index (χ1v) is 9.08. The van der Waals surface area contributed by atoms with Crippen molar-refractivity contribution in [2.45, 2.75) is 0 Å². The molecule has 150 valence electrons. The van der Waals surface area contributed by atoms with Crippen LogP contribution in [0.1, 0.15) is 0 Å². The highest BCUT2D eigenvalue weighted by Crippen LogP contribution is 2.28. The molecule has 0 aliphatic heterocycles. The first-order chi connectivity index (χ1) is 14.7. The highest BCUT2D eigenvalue weighted by molar-refractivity contribution is 6.04. The Hall–Kier alpha value is -4.11. The number of hydrazine groups is 1. The van der Waals surface area contributed by atoms with Crippen molar-refractivity contribution >= 4 is 28.4 Å². The molecular formula is C21H18N6O3. The second-order valence-corrected chi connectivity index (χ2v) is 6.25. The third-order valence-electron chi connectivity index (χ3n) is 4.40. The number of aliphatic hydroxyl groups is 1. The van der Waals surface area contributed by atoms with Crippen LogP contribution in [-0.4, -0.2) is 44.9 Å². The summed E-state index contributed by atoms with van der Waals surface area (Å²) in [5, 5.41) is 19.5. The lowest BCUT2D eigenvalue weighted by Gasteiger charge is -2.23. The van der Waals surface area contributed by atoms with Gasteiger partial charge >= 0.3 is 0 Å². The molecule has 0 spiro atoms. The van der Waals surface area contributed by atoms with Crippen molar-refractivity contribution < 1.29 is 14.6 Å². The van der Waals surface area contributed by atoms with E-state index < -0.39 is 12.5 Å². The van der Waals surface area contributed by atoms with Gasteiger partial charge in [0, 0.05) is 23.2 Å². The zero-order chi connectivity index (χ0) is 20.9. The maximum absolute atomic E-state index is 12.5. The van der Waals surface area contributed by atoms with Crippen molar-refractivity contribution in [2.24, 2.45) is 0 Å². The van der Waals surface area contributed by atoms with Gasteiger partial charge in [-0.15, -0.1) is 10.2 Å². The summed E-state index contributed by atoms with van der Waals surface area (Å²) in [4.78, 5) is 21.0. The molecule has 9 nitrogen and oxygen atoms in total. The Bertz CT molecular complexity index is 1170. The minimum atomic E-state index is -0.706. The molecule has 0 unspecified atom stereocenters. The minimum absolute atomic E-state index is 0.106. The average molecular weight is 402 g/mol. The van der Waals surface area contributed by atoms with Crippen molar-refractivity contribution in [1.29, 1.82) is 0 Å². The summed E-state index contributed by atoms with van der Waals surface area (Å²) < 4.78 is 5.23. The number of aromatic nitrogens is 4. The van der Waals surface area contributed by atoms with Crippen LogP contribution < -0.4 is 15.2 Å². The van der Waals surface area contributed by atoms with E-state index in [1.165, 1.54) is 5.01 Å². The Balaban J connectivity index is 1.67. The summed E-state index contributed by atoms with van der Waals surface area (Å²) >= 11 is 0. The third kappa shape index (κ3) is 3.87. The van der Waals surface area contributed by atoms with Gasteiger partial charge in [-0.05, 0) is 18.2 Å². The summed E-state index contributed by atoms with van der Waals surface area (Å²) in [6.07, 6.45) is 3.12. The van der Waals surface area contributed by atoms with E-state index in [1.807, 2.05) is 30.3 Å². The largest absolute Gasteiger partial charge is 0.497 e. The molecule has 0 saturated carbocycles. The van der Waals surface area contributed by atoms with E-state index >= 15 is 0 Å². The summed E-state index contributed by atoms with van der Waals surface area (Å²) in [5.41, 5.74) is 5.41. The fraction of sp³-hybridized carbons (Fsp3) is 0.0952. The maximum atomic E-state index is 12.5. The number of hydrogen-bond acceptors (Lipinski definition) is 8. The Labute approximate surface area is 172 Å². The van der Waals surface area contributed by atoms with Gasteiger partial charge in [-0.1, -0.05) is 30.3 Å². The van der Waals surface area contributed by atoms with Gasteiger partial charge in [-0.3, -0.25) is 15.2 Å². The third-order valence-corrected chi connectivity index (χ3v) is 4.40. The van der Waals surface area contributed by atoms with Crippen molar-refractivity contribution in [2.75, 3.05) is 24.2 Å². The Morgan fingerprint density at radius 2 is 1.93 bits per heavy atom. The molecule has 9 heteroatoms. The normalized spacial score (nSPS) is 10.6. The van der Waals surface area contributed by atoms with Crippen LogP contribution in [0, 0.1) is 0 Å². The summed E-state index contributed by atoms with van der Waals surface area (Å²) in [7, 11) is 1.57. The van der Waals surface area contributed by atoms with Gasteiger partial charge in [0.25, 0.3) is 11.9 Å². The molecule has 4 aromatic rings. The Morgan fingerprint density at radius 1 is 1.10 bits per heavy atom. The number of fused-ring (bicyclic) bond motifs is 1. The van der Waals surface area contributed by atoms with E-state index in [-0.39, 0.29) is 5.95 Å². The molecule has 2 aromatic carbocycles. The van der Waals surface area contributed by atoms with Crippen LogP contribution in [0.25, 0.3) is 22.2 Å². The molecule has 2 N–H and O–H groups in total. The lowest BCUT2D eigenvalue weighted by atomic mass is 10.1. The van der Waals surface area contributed by atoms with E-state index in [1.54, 1.807) is 43.8 Å². The number of benzene rings is 2. The van der Waals surface area contributed by atoms with Crippen molar-refractivity contribution in [3.63, 3.8) is 0 Å². The number of anilines is 2. The number of carbonyl (C=O) groups is 1. The minimum Gasteiger partial charge on any atom is -0.497 e. The second-order valence-electron chi connectivity index (χ2n) is 6.25. The second kappa shape index (κ2) is 8.50. The van der Waals surface area contributed by atoms with Gasteiger partial charge in [0.05, 0.1) is 24.5 Å². The van der Waals surface area contributed by atoms with Crippen LogP contribution in [0.5, 0.6) is 5.75 Å². The molecule has 0 aliphatic rings. The fourth-order valence-electron chi connectivity index (χ4n) is 2.93. The molecule has 2 heterocycles. The molecule has 30 heavy (non-hydrogen) atoms. The standard InChI is InChI=1S/C21H18N6O3/c1-30-15-7-8-16-17(11-15)22-10-9-19(16)27(20(29)13-28)26-21-23-12-18(24-25-21)14-5-3-2-4-6-14/h2-12,28H,13H2,1H3,(H,23,25,26). The molecule has 0 aliphatic carbocycles. The lowest BCUT2D eigenvalue weighted by molar-refractivity contribution is -0.120. The zero-order valence-electron chi connectivity index (χ0n) is 16.1. The maximum Gasteiger partial charge on any atom is 0.271 e. The molecule has 0 atom stereocenters. The molecule has 0 radical (unpaired) electrons. The van der Waals surface area contributed by atoms with Crippen LogP contribution in [0.4, 0.5) is 11.6 Å². The number of nitrogens with zero attached hydrogens (tertiary/aromatic N) is 5. The number of hydrogen-bond donors (Lipinski definition) is 2. The number of aliphatic hydroxyl groups excluding tert-OH is 1. The van der Waals surface area contributed by atoms with Crippen LogP contribution in [-0.2, 0) is 4.79 Å². The number of amides is 1. The average Bonchev–Trinajstić information content (AvgIpc) is 2.82. The van der Waals surface area contributed by atoms with Crippen molar-refractivity contribution in [3.8, 4) is 17.0 Å². The van der Waals surface area contributed by atoms with E-state index in [0.717, 1.165) is 5.56 Å². The van der Waals surface area contributed by atoms with E-state index in [9.17, 15) is 9.90 Å². The Morgan fingerprint density at radius 3 is 2.63 bits per heavy atom. The van der Waals surface area contributed by atoms with Gasteiger partial charge < -0.3 is 9.84 Å². The van der Waals surface area contributed by atoms with Crippen LogP contribution in [0.2, 0.25) is 0 Å². The van der Waals surface area contributed by atoms with Gasteiger partial charge in [-0.25, -0.2) is 9.99 Å². The Kier molecular flexibility index (Phi) is 5.44. The predicted molar refractivity (Wildman–Crippen MR) is 112 cm³/mol. The highest BCUT2D eigenvalue weighted by Gasteiger charge is 2.19. The first kappa shape index (κ1) is 19.2. The zero-order valence-corrected chi connectivity index (χ0v) is 16.1. The van der Waals surface area contributed by atoms with E-state index in [2.05, 4.69) is 25.6 Å². The number of carbonyl (C=O) groups excluding carboxylic acids is 1. The van der Waals surface area contributed by atoms with Crippen molar-refractivity contribution in [3.05, 3.63) is 67.0 Å². The molecule has 0 saturated heterocycles. The monoisotopic (exact) mass is 402 g/mol. The molecule has 0 fully saturated rings. The van der Waals surface area contributed by atoms with E-state index in [4.69, 9.17) is 4.74 Å². The molecule has 2 aromatic heterocycles. The molecule has 0 bridgehead atoms. The van der Waals surface area contributed by atoms with Gasteiger partial charge in [0.2, 0.25) is 0 Å². The van der Waals surface area contributed by atoms with Gasteiger partial charge in [0.15, 0.2) is 0 Å². The SMILES string of the molecule is COc1ccc2c(N(Nc3ncc(-c4ccccc4)nn3)C(=O)CO)ccnc2c1. The van der Waals surface area contributed by atoms with Crippen LogP contribution >= 0.6 is 0 Å². The quantitative estimate of drug-likeness (QED) is 0.473. The fourth-order valence-corrected chi connectivity index (χ4v) is 2.93. The predicted octanol–water partition coefficient (Wildman–Crippen LogP) is 2.45. The summed E-state index contributed by atoms with van der Waals surface area (Å²) in [5.74, 6) is 0.160. The lowest BCUT2D eigenvalue weighted by Crippen LogP contribution is -2.39. The van der Waals surface area contributed by atoms with E-state index in [0.29, 0.717) is 28.0 Å². The first-order valence-electron chi connectivity index (χ1n) is 9.08. The topological polar surface area (TPSA) is 113 Å². The summed E-state index contributed by atoms with van der Waals surface area (Å²) in [6, 6.07) is 16.5. The van der Waals surface area contributed by atoms with Crippen LogP contribution in [0.15, 0.2) is 67.0 Å².